The molecule has 1 atom stereocenters. The fourth-order valence-electron chi connectivity index (χ4n) is 4.74. The zero-order valence-electron chi connectivity index (χ0n) is 17.6. The van der Waals surface area contributed by atoms with Crippen LogP contribution in [0.1, 0.15) is 30.5 Å². The van der Waals surface area contributed by atoms with Crippen molar-refractivity contribution in [2.24, 2.45) is 11.3 Å². The molecular weight excluding hydrogens is 413 g/mol. The molecule has 0 N–H and O–H groups in total. The van der Waals surface area contributed by atoms with E-state index in [1.54, 1.807) is 28.2 Å². The van der Waals surface area contributed by atoms with Crippen molar-refractivity contribution in [3.05, 3.63) is 64.6 Å². The van der Waals surface area contributed by atoms with Crippen molar-refractivity contribution in [2.45, 2.75) is 32.4 Å². The van der Waals surface area contributed by atoms with Crippen LogP contribution in [-0.4, -0.2) is 50.6 Å². The number of amides is 1. The monoisotopic (exact) mass is 439 g/mol. The van der Waals surface area contributed by atoms with Gasteiger partial charge in [-0.25, -0.2) is 14.1 Å². The van der Waals surface area contributed by atoms with Gasteiger partial charge in [0.1, 0.15) is 5.82 Å². The average molecular weight is 440 g/mol. The highest BCUT2D eigenvalue weighted by Gasteiger charge is 2.58. The number of hydrogen-bond acceptors (Lipinski definition) is 5. The minimum Gasteiger partial charge on any atom is -0.340 e. The van der Waals surface area contributed by atoms with Crippen LogP contribution in [0.15, 0.2) is 47.5 Å². The number of rotatable bonds is 6. The van der Waals surface area contributed by atoms with E-state index in [9.17, 15) is 9.18 Å². The minimum absolute atomic E-state index is 0.166. The molecule has 8 heteroatoms. The summed E-state index contributed by atoms with van der Waals surface area (Å²) in [6.07, 6.45) is 7.04. The fourth-order valence-corrected chi connectivity index (χ4v) is 5.29. The molecule has 1 aliphatic heterocycles. The van der Waals surface area contributed by atoms with E-state index < -0.39 is 0 Å². The van der Waals surface area contributed by atoms with Gasteiger partial charge in [-0.3, -0.25) is 9.69 Å². The number of piperidine rings is 1. The molecule has 5 rings (SSSR count). The summed E-state index contributed by atoms with van der Waals surface area (Å²) in [5, 5.41) is 6.42. The van der Waals surface area contributed by atoms with Gasteiger partial charge in [-0.2, -0.15) is 5.10 Å². The van der Waals surface area contributed by atoms with Crippen LogP contribution in [0, 0.1) is 17.2 Å². The zero-order valence-corrected chi connectivity index (χ0v) is 18.4. The molecule has 1 saturated heterocycles. The summed E-state index contributed by atoms with van der Waals surface area (Å²) < 4.78 is 14.9. The summed E-state index contributed by atoms with van der Waals surface area (Å²) >= 11 is 1.56. The first-order valence-corrected chi connectivity index (χ1v) is 11.6. The zero-order chi connectivity index (χ0) is 21.4. The van der Waals surface area contributed by atoms with Crippen molar-refractivity contribution in [1.29, 1.82) is 0 Å². The Morgan fingerprint density at radius 1 is 1.29 bits per heavy atom. The maximum Gasteiger partial charge on any atom is 0.226 e. The van der Waals surface area contributed by atoms with E-state index in [4.69, 9.17) is 0 Å². The van der Waals surface area contributed by atoms with Gasteiger partial charge >= 0.3 is 0 Å². The molecule has 0 radical (unpaired) electrons. The summed E-state index contributed by atoms with van der Waals surface area (Å²) in [6, 6.07) is 6.35. The maximum atomic E-state index is 13.1. The maximum absolute atomic E-state index is 13.1. The van der Waals surface area contributed by atoms with E-state index in [1.165, 1.54) is 12.1 Å². The van der Waals surface area contributed by atoms with Crippen molar-refractivity contribution in [3.63, 3.8) is 0 Å². The van der Waals surface area contributed by atoms with E-state index in [-0.39, 0.29) is 23.1 Å². The van der Waals surface area contributed by atoms with E-state index in [0.717, 1.165) is 55.8 Å². The molecule has 0 unspecified atom stereocenters. The van der Waals surface area contributed by atoms with Crippen LogP contribution < -0.4 is 0 Å². The van der Waals surface area contributed by atoms with Crippen molar-refractivity contribution in [2.75, 3.05) is 20.1 Å². The molecule has 1 saturated carbocycles. The number of benzene rings is 1. The Hall–Kier alpha value is -2.58. The molecule has 0 bridgehead atoms. The fraction of sp³-hybridized carbons (Fsp3) is 0.435. The van der Waals surface area contributed by atoms with Crippen molar-refractivity contribution >= 4 is 17.2 Å². The van der Waals surface area contributed by atoms with Gasteiger partial charge in [-0.1, -0.05) is 0 Å². The Morgan fingerprint density at radius 3 is 2.77 bits per heavy atom. The van der Waals surface area contributed by atoms with Crippen LogP contribution in [-0.2, 0) is 17.9 Å². The second-order valence-corrected chi connectivity index (χ2v) is 9.56. The van der Waals surface area contributed by atoms with Gasteiger partial charge in [0.05, 0.1) is 29.6 Å². The molecule has 162 valence electrons. The Kier molecular flexibility index (Phi) is 5.35. The molecule has 2 aliphatic rings. The summed E-state index contributed by atoms with van der Waals surface area (Å²) in [5.41, 5.74) is 4.97. The Labute approximate surface area is 185 Å². The number of carbonyl (C=O) groups excluding carboxylic acids is 1. The van der Waals surface area contributed by atoms with Gasteiger partial charge in [0.25, 0.3) is 0 Å². The second kappa shape index (κ2) is 8.16. The van der Waals surface area contributed by atoms with Gasteiger partial charge < -0.3 is 4.90 Å². The number of nitrogens with zero attached hydrogens (tertiary/aromatic N) is 5. The number of carbonyl (C=O) groups is 1. The number of thiazole rings is 1. The van der Waals surface area contributed by atoms with Crippen molar-refractivity contribution in [1.82, 2.24) is 24.6 Å². The van der Waals surface area contributed by atoms with E-state index in [0.29, 0.717) is 6.54 Å². The third-order valence-electron chi connectivity index (χ3n) is 6.73. The van der Waals surface area contributed by atoms with Crippen LogP contribution in [0.2, 0.25) is 0 Å². The average Bonchev–Trinajstić information content (AvgIpc) is 3.13. The molecule has 31 heavy (non-hydrogen) atoms. The lowest BCUT2D eigenvalue weighted by atomic mass is 9.90. The molecular formula is C23H26FN5OS. The lowest BCUT2D eigenvalue weighted by molar-refractivity contribution is -0.133. The summed E-state index contributed by atoms with van der Waals surface area (Å²) in [7, 11) is 1.89. The molecule has 3 aromatic rings. The lowest BCUT2D eigenvalue weighted by Crippen LogP contribution is -2.37. The van der Waals surface area contributed by atoms with Gasteiger partial charge in [0, 0.05) is 36.7 Å². The van der Waals surface area contributed by atoms with Crippen LogP contribution in [0.4, 0.5) is 4.39 Å². The Morgan fingerprint density at radius 2 is 2.06 bits per heavy atom. The van der Waals surface area contributed by atoms with Crippen LogP contribution in [0.3, 0.4) is 0 Å². The Bertz CT molecular complexity index is 1040. The smallest absolute Gasteiger partial charge is 0.226 e. The molecule has 1 spiro atoms. The highest BCUT2D eigenvalue weighted by atomic mass is 32.1. The van der Waals surface area contributed by atoms with Crippen LogP contribution >= 0.6 is 11.3 Å². The standard InChI is InChI=1S/C23H26FN5OS/c1-27(14-19-15-31-16-25-19)22(30)21-10-23(21)6-8-28(9-7-23)12-17-11-26-29(13-17)20-4-2-18(24)3-5-20/h2-5,11,13,15-16,21H,6-10,12,14H2,1H3/t21-/m0/s1. The third-order valence-corrected chi connectivity index (χ3v) is 7.37. The van der Waals surface area contributed by atoms with E-state index in [2.05, 4.69) is 15.0 Å². The minimum atomic E-state index is -0.246. The van der Waals surface area contributed by atoms with Crippen LogP contribution in [0.5, 0.6) is 0 Å². The summed E-state index contributed by atoms with van der Waals surface area (Å²) in [6.45, 7) is 3.45. The lowest BCUT2D eigenvalue weighted by Gasteiger charge is -2.33. The summed E-state index contributed by atoms with van der Waals surface area (Å²) in [5.74, 6) is 0.186. The first-order valence-electron chi connectivity index (χ1n) is 10.7. The third kappa shape index (κ3) is 4.27. The van der Waals surface area contributed by atoms with Gasteiger partial charge in [0.2, 0.25) is 5.91 Å². The van der Waals surface area contributed by atoms with E-state index in [1.807, 2.05) is 35.2 Å². The van der Waals surface area contributed by atoms with Gasteiger partial charge in [-0.05, 0) is 62.0 Å². The van der Waals surface area contributed by atoms with Crippen molar-refractivity contribution in [3.8, 4) is 5.69 Å². The van der Waals surface area contributed by atoms with Crippen molar-refractivity contribution < 1.29 is 9.18 Å². The normalized spacial score (nSPS) is 20.1. The quantitative estimate of drug-likeness (QED) is 0.587. The largest absolute Gasteiger partial charge is 0.340 e. The number of halogens is 1. The SMILES string of the molecule is CN(Cc1cscn1)C(=O)[C@@H]1CC12CCN(Cc1cnn(-c3ccc(F)cc3)c1)CC2. The second-order valence-electron chi connectivity index (χ2n) is 8.84. The molecule has 2 aromatic heterocycles. The molecule has 2 fully saturated rings. The first-order chi connectivity index (χ1) is 15.0. The number of aromatic nitrogens is 3. The van der Waals surface area contributed by atoms with Crippen LogP contribution in [0.25, 0.3) is 5.69 Å². The molecule has 1 amide bonds. The Balaban J connectivity index is 1.13. The summed E-state index contributed by atoms with van der Waals surface area (Å²) in [4.78, 5) is 21.5. The molecule has 1 aromatic carbocycles. The highest BCUT2D eigenvalue weighted by Crippen LogP contribution is 2.60. The van der Waals surface area contributed by atoms with Gasteiger partial charge in [0.15, 0.2) is 0 Å². The topological polar surface area (TPSA) is 54.3 Å². The first kappa shape index (κ1) is 20.3. The molecule has 6 nitrogen and oxygen atoms in total. The number of hydrogen-bond donors (Lipinski definition) is 0. The molecule has 1 aliphatic carbocycles. The number of likely N-dealkylation sites (tertiary alicyclic amines) is 1. The highest BCUT2D eigenvalue weighted by molar-refractivity contribution is 7.07. The predicted octanol–water partition coefficient (Wildman–Crippen LogP) is 3.73. The molecule has 3 heterocycles. The van der Waals surface area contributed by atoms with Gasteiger partial charge in [-0.15, -0.1) is 11.3 Å². The van der Waals surface area contributed by atoms with E-state index >= 15 is 0 Å². The predicted molar refractivity (Wildman–Crippen MR) is 117 cm³/mol.